The van der Waals surface area contributed by atoms with Gasteiger partial charge in [0, 0.05) is 16.9 Å². The fourth-order valence-electron chi connectivity index (χ4n) is 5.87. The summed E-state index contributed by atoms with van der Waals surface area (Å²) in [4.78, 5) is 0. The average molecular weight is 301 g/mol. The summed E-state index contributed by atoms with van der Waals surface area (Å²) in [5, 5.41) is 20.3. The van der Waals surface area contributed by atoms with E-state index in [1.54, 1.807) is 0 Å². The van der Waals surface area contributed by atoms with Crippen LogP contribution in [0.2, 0.25) is 0 Å². The first-order chi connectivity index (χ1) is 10.4. The van der Waals surface area contributed by atoms with Crippen LogP contribution in [0.1, 0.15) is 39.5 Å². The molecule has 4 rings (SSSR count). The zero-order chi connectivity index (χ0) is 15.7. The zero-order valence-corrected chi connectivity index (χ0v) is 13.5. The van der Waals surface area contributed by atoms with Crippen LogP contribution in [0, 0.1) is 28.6 Å². The minimum Gasteiger partial charge on any atom is -0.512 e. The monoisotopic (exact) mass is 301 g/mol. The van der Waals surface area contributed by atoms with Crippen molar-refractivity contribution in [2.45, 2.75) is 51.7 Å². The molecule has 0 aromatic rings. The molecule has 0 saturated heterocycles. The maximum Gasteiger partial charge on any atom is 0.0944 e. The number of fused-ring (bicyclic) bond motifs is 5. The van der Waals surface area contributed by atoms with Gasteiger partial charge in [-0.3, -0.25) is 0 Å². The van der Waals surface area contributed by atoms with E-state index < -0.39 is 0 Å². The summed E-state index contributed by atoms with van der Waals surface area (Å²) < 4.78 is 0. The number of rotatable bonds is 0. The van der Waals surface area contributed by atoms with E-state index in [-0.39, 0.29) is 23.0 Å². The molecule has 0 aliphatic heterocycles. The molecule has 1 fully saturated rings. The molecule has 1 saturated carbocycles. The van der Waals surface area contributed by atoms with Crippen LogP contribution in [0.15, 0.2) is 35.6 Å². The average Bonchev–Trinajstić information content (AvgIpc) is 2.77. The smallest absolute Gasteiger partial charge is 0.0944 e. The van der Waals surface area contributed by atoms with Crippen molar-refractivity contribution in [3.63, 3.8) is 0 Å². The molecule has 0 heterocycles. The van der Waals surface area contributed by atoms with Crippen molar-refractivity contribution in [2.75, 3.05) is 0 Å². The van der Waals surface area contributed by atoms with Gasteiger partial charge in [0.25, 0.3) is 0 Å². The second-order valence-corrected chi connectivity index (χ2v) is 8.25. The molecule has 7 atom stereocenters. The summed E-state index contributed by atoms with van der Waals surface area (Å²) in [5.41, 5.74) is 7.83. The van der Waals surface area contributed by atoms with Crippen LogP contribution in [0.3, 0.4) is 0 Å². The number of aliphatic hydroxyl groups excluding tert-OH is 2. The van der Waals surface area contributed by atoms with Crippen molar-refractivity contribution in [3.8, 4) is 0 Å². The first-order valence-electron chi connectivity index (χ1n) is 8.60. The largest absolute Gasteiger partial charge is 0.512 e. The maximum absolute atomic E-state index is 10.3. The Hall–Kier alpha value is -1.06. The van der Waals surface area contributed by atoms with Gasteiger partial charge in [-0.1, -0.05) is 37.6 Å². The summed E-state index contributed by atoms with van der Waals surface area (Å²) >= 11 is 0. The minimum atomic E-state index is -0.367. The van der Waals surface area contributed by atoms with Gasteiger partial charge in [0.15, 0.2) is 0 Å². The molecule has 0 spiro atoms. The molecule has 0 unspecified atom stereocenters. The lowest BCUT2D eigenvalue weighted by Gasteiger charge is -2.57. The molecule has 4 aliphatic rings. The third-order valence-electron chi connectivity index (χ3n) is 7.27. The SMILES string of the molecule is C[C@]12C=C[C@H](O)CC1=C[C@H](N)[C@@H]1[C@@H]2CC[C@]2(C)C(O)=CC[C@@H]12. The third-order valence-corrected chi connectivity index (χ3v) is 7.27. The highest BCUT2D eigenvalue weighted by atomic mass is 16.3. The Balaban J connectivity index is 1.77. The fourth-order valence-corrected chi connectivity index (χ4v) is 5.87. The number of nitrogens with two attached hydrogens (primary N) is 1. The molecule has 0 aromatic heterocycles. The Morgan fingerprint density at radius 3 is 2.82 bits per heavy atom. The molecule has 4 aliphatic carbocycles. The van der Waals surface area contributed by atoms with E-state index in [2.05, 4.69) is 26.0 Å². The van der Waals surface area contributed by atoms with Gasteiger partial charge in [0.05, 0.1) is 11.9 Å². The predicted molar refractivity (Wildman–Crippen MR) is 87.1 cm³/mol. The molecular formula is C19H27NO2. The van der Waals surface area contributed by atoms with Crippen LogP contribution in [0.25, 0.3) is 0 Å². The number of allylic oxidation sites excluding steroid dienone is 3. The highest BCUT2D eigenvalue weighted by Crippen LogP contribution is 2.63. The molecule has 0 bridgehead atoms. The van der Waals surface area contributed by atoms with Crippen LogP contribution in [0.4, 0.5) is 0 Å². The fraction of sp³-hybridized carbons (Fsp3) is 0.684. The Morgan fingerprint density at radius 2 is 2.05 bits per heavy atom. The van der Waals surface area contributed by atoms with Crippen LogP contribution in [-0.4, -0.2) is 22.4 Å². The van der Waals surface area contributed by atoms with Crippen molar-refractivity contribution >= 4 is 0 Å². The zero-order valence-electron chi connectivity index (χ0n) is 13.5. The lowest BCUT2D eigenvalue weighted by molar-refractivity contribution is -0.0184. The van der Waals surface area contributed by atoms with Gasteiger partial charge in [-0.05, 0) is 49.5 Å². The molecule has 3 nitrogen and oxygen atoms in total. The topological polar surface area (TPSA) is 66.5 Å². The lowest BCUT2D eigenvalue weighted by atomic mass is 9.48. The van der Waals surface area contributed by atoms with Gasteiger partial charge >= 0.3 is 0 Å². The molecule has 120 valence electrons. The van der Waals surface area contributed by atoms with E-state index in [4.69, 9.17) is 5.73 Å². The van der Waals surface area contributed by atoms with Gasteiger partial charge in [0.1, 0.15) is 0 Å². The molecule has 0 radical (unpaired) electrons. The first kappa shape index (κ1) is 14.5. The molecule has 3 heteroatoms. The van der Waals surface area contributed by atoms with Gasteiger partial charge < -0.3 is 15.9 Å². The van der Waals surface area contributed by atoms with E-state index in [1.807, 2.05) is 12.2 Å². The Labute approximate surface area is 132 Å². The first-order valence-corrected chi connectivity index (χ1v) is 8.60. The molecule has 4 N–H and O–H groups in total. The Kier molecular flexibility index (Phi) is 2.96. The van der Waals surface area contributed by atoms with Crippen molar-refractivity contribution < 1.29 is 10.2 Å². The summed E-state index contributed by atoms with van der Waals surface area (Å²) in [6.45, 7) is 4.52. The Bertz CT molecular complexity index is 592. The van der Waals surface area contributed by atoms with Crippen LogP contribution < -0.4 is 5.73 Å². The highest BCUT2D eigenvalue weighted by molar-refractivity contribution is 5.36. The van der Waals surface area contributed by atoms with Crippen molar-refractivity contribution in [1.29, 1.82) is 0 Å². The van der Waals surface area contributed by atoms with Crippen molar-refractivity contribution in [2.24, 2.45) is 34.3 Å². The maximum atomic E-state index is 10.3. The van der Waals surface area contributed by atoms with E-state index in [0.29, 0.717) is 23.5 Å². The Morgan fingerprint density at radius 1 is 1.27 bits per heavy atom. The molecular weight excluding hydrogens is 274 g/mol. The second kappa shape index (κ2) is 4.48. The van der Waals surface area contributed by atoms with E-state index >= 15 is 0 Å². The number of aliphatic hydroxyl groups is 2. The minimum absolute atomic E-state index is 0.0271. The summed E-state index contributed by atoms with van der Waals surface area (Å²) in [5.74, 6) is 1.95. The quantitative estimate of drug-likeness (QED) is 0.602. The van der Waals surface area contributed by atoms with Crippen LogP contribution >= 0.6 is 0 Å². The standard InChI is InChI=1S/C19H27NO2/c1-18-7-5-12(21)9-11(18)10-15(20)17-13-3-4-16(22)19(13,2)8-6-14(17)18/h4-5,7,10,12-15,17,21-22H,3,6,8-9,20H2,1-2H3/t12-,13-,14-,15-,17-,18-,19-/m0/s1. The summed E-state index contributed by atoms with van der Waals surface area (Å²) in [6.07, 6.45) is 11.8. The van der Waals surface area contributed by atoms with Gasteiger partial charge in [-0.2, -0.15) is 0 Å². The van der Waals surface area contributed by atoms with E-state index in [1.165, 1.54) is 5.57 Å². The van der Waals surface area contributed by atoms with Crippen molar-refractivity contribution in [1.82, 2.24) is 0 Å². The third kappa shape index (κ3) is 1.70. The summed E-state index contributed by atoms with van der Waals surface area (Å²) in [7, 11) is 0. The van der Waals surface area contributed by atoms with Crippen LogP contribution in [-0.2, 0) is 0 Å². The highest BCUT2D eigenvalue weighted by Gasteiger charge is 2.58. The number of hydrogen-bond acceptors (Lipinski definition) is 3. The normalized spacial score (nSPS) is 53.2. The molecule has 0 aromatic carbocycles. The van der Waals surface area contributed by atoms with E-state index in [9.17, 15) is 10.2 Å². The second-order valence-electron chi connectivity index (χ2n) is 8.25. The van der Waals surface area contributed by atoms with Gasteiger partial charge in [-0.15, -0.1) is 0 Å². The number of hydrogen-bond donors (Lipinski definition) is 3. The summed E-state index contributed by atoms with van der Waals surface area (Å²) in [6, 6.07) is 0.0377. The van der Waals surface area contributed by atoms with Crippen molar-refractivity contribution in [3.05, 3.63) is 35.6 Å². The molecule has 22 heavy (non-hydrogen) atoms. The lowest BCUT2D eigenvalue weighted by Crippen LogP contribution is -2.55. The van der Waals surface area contributed by atoms with Gasteiger partial charge in [-0.25, -0.2) is 0 Å². The predicted octanol–water partition coefficient (Wildman–Crippen LogP) is 3.08. The van der Waals surface area contributed by atoms with E-state index in [0.717, 1.165) is 25.7 Å². The molecule has 0 amide bonds. The van der Waals surface area contributed by atoms with Gasteiger partial charge in [0.2, 0.25) is 0 Å². The van der Waals surface area contributed by atoms with Crippen LogP contribution in [0.5, 0.6) is 0 Å².